The monoisotopic (exact) mass is 248 g/mol. The summed E-state index contributed by atoms with van der Waals surface area (Å²) in [6, 6.07) is 13.4. The molecule has 17 heavy (non-hydrogen) atoms. The van der Waals surface area contributed by atoms with Crippen molar-refractivity contribution in [3.05, 3.63) is 47.5 Å². The molecule has 2 nitrogen and oxygen atoms in total. The molecule has 0 amide bonds. The zero-order chi connectivity index (χ0) is 12.3. The van der Waals surface area contributed by atoms with E-state index in [1.807, 2.05) is 42.5 Å². The van der Waals surface area contributed by atoms with Gasteiger partial charge in [-0.2, -0.15) is 0 Å². The van der Waals surface area contributed by atoms with Crippen molar-refractivity contribution in [1.82, 2.24) is 0 Å². The highest BCUT2D eigenvalue weighted by Gasteiger charge is 2.04. The summed E-state index contributed by atoms with van der Waals surface area (Å²) in [5, 5.41) is 0.712. The van der Waals surface area contributed by atoms with Crippen LogP contribution in [0.4, 0.5) is 0 Å². The lowest BCUT2D eigenvalue weighted by Crippen LogP contribution is -1.88. The van der Waals surface area contributed by atoms with E-state index in [1.54, 1.807) is 14.2 Å². The highest BCUT2D eigenvalue weighted by atomic mass is 35.5. The van der Waals surface area contributed by atoms with E-state index in [4.69, 9.17) is 21.1 Å². The number of benzene rings is 2. The van der Waals surface area contributed by atoms with Gasteiger partial charge in [0.15, 0.2) is 0 Å². The third kappa shape index (κ3) is 2.71. The molecule has 0 unspecified atom stereocenters. The van der Waals surface area contributed by atoms with E-state index in [1.165, 1.54) is 0 Å². The van der Waals surface area contributed by atoms with Crippen LogP contribution in [0.25, 0.3) is 11.1 Å². The zero-order valence-electron chi connectivity index (χ0n) is 9.74. The van der Waals surface area contributed by atoms with Crippen LogP contribution in [0.1, 0.15) is 0 Å². The Hall–Kier alpha value is -1.67. The van der Waals surface area contributed by atoms with Gasteiger partial charge in [0.05, 0.1) is 14.2 Å². The van der Waals surface area contributed by atoms with Crippen molar-refractivity contribution in [3.8, 4) is 22.6 Å². The van der Waals surface area contributed by atoms with Gasteiger partial charge in [-0.3, -0.25) is 0 Å². The number of hydrogen-bond donors (Lipinski definition) is 0. The van der Waals surface area contributed by atoms with Gasteiger partial charge in [0.2, 0.25) is 0 Å². The molecule has 0 aliphatic rings. The number of hydrogen-bond acceptors (Lipinski definition) is 2. The van der Waals surface area contributed by atoms with E-state index >= 15 is 0 Å². The van der Waals surface area contributed by atoms with E-state index in [2.05, 4.69) is 0 Å². The summed E-state index contributed by atoms with van der Waals surface area (Å²) in [6.45, 7) is 0. The second-order valence-corrected chi connectivity index (χ2v) is 4.05. The Balaban J connectivity index is 2.50. The predicted molar refractivity (Wildman–Crippen MR) is 70.0 cm³/mol. The van der Waals surface area contributed by atoms with Gasteiger partial charge in [-0.1, -0.05) is 23.7 Å². The second kappa shape index (κ2) is 5.11. The topological polar surface area (TPSA) is 18.5 Å². The van der Waals surface area contributed by atoms with Crippen LogP contribution in [-0.4, -0.2) is 14.2 Å². The van der Waals surface area contributed by atoms with Crippen LogP contribution in [0.15, 0.2) is 42.5 Å². The summed E-state index contributed by atoms with van der Waals surface area (Å²) >= 11 is 5.98. The van der Waals surface area contributed by atoms with E-state index < -0.39 is 0 Å². The summed E-state index contributed by atoms with van der Waals surface area (Å²) in [6.07, 6.45) is 0. The molecule has 0 aliphatic heterocycles. The maximum Gasteiger partial charge on any atom is 0.123 e. The van der Waals surface area contributed by atoms with E-state index in [0.29, 0.717) is 5.02 Å². The molecule has 0 saturated heterocycles. The molecule has 0 spiro atoms. The van der Waals surface area contributed by atoms with Gasteiger partial charge in [-0.25, -0.2) is 0 Å². The number of methoxy groups -OCH3 is 2. The van der Waals surface area contributed by atoms with Crippen molar-refractivity contribution in [2.75, 3.05) is 14.2 Å². The van der Waals surface area contributed by atoms with Gasteiger partial charge < -0.3 is 9.47 Å². The maximum absolute atomic E-state index is 5.98. The molecular formula is C14H13ClO2. The van der Waals surface area contributed by atoms with Crippen LogP contribution in [0.5, 0.6) is 11.5 Å². The summed E-state index contributed by atoms with van der Waals surface area (Å²) in [4.78, 5) is 0. The summed E-state index contributed by atoms with van der Waals surface area (Å²) in [5.41, 5.74) is 2.05. The third-order valence-electron chi connectivity index (χ3n) is 2.51. The van der Waals surface area contributed by atoms with Crippen molar-refractivity contribution >= 4 is 11.6 Å². The highest BCUT2D eigenvalue weighted by molar-refractivity contribution is 6.30. The average Bonchev–Trinajstić information content (AvgIpc) is 2.38. The maximum atomic E-state index is 5.98. The summed E-state index contributed by atoms with van der Waals surface area (Å²) < 4.78 is 10.5. The molecule has 2 rings (SSSR count). The molecule has 2 aromatic carbocycles. The van der Waals surface area contributed by atoms with Gasteiger partial charge in [0.25, 0.3) is 0 Å². The van der Waals surface area contributed by atoms with Gasteiger partial charge >= 0.3 is 0 Å². The molecule has 3 heteroatoms. The Bertz CT molecular complexity index is 501. The Morgan fingerprint density at radius 3 is 2.00 bits per heavy atom. The van der Waals surface area contributed by atoms with Crippen LogP contribution >= 0.6 is 11.6 Å². The minimum atomic E-state index is 0.712. The van der Waals surface area contributed by atoms with Crippen LogP contribution in [0, 0.1) is 0 Å². The normalized spacial score (nSPS) is 10.1. The first kappa shape index (κ1) is 11.8. The first-order valence-electron chi connectivity index (χ1n) is 5.22. The largest absolute Gasteiger partial charge is 0.497 e. The van der Waals surface area contributed by atoms with E-state index in [0.717, 1.165) is 22.6 Å². The standard InChI is InChI=1S/C14H13ClO2/c1-16-13-7-11(8-14(9-13)17-2)10-4-3-5-12(15)6-10/h3-9H,1-2H3. The summed E-state index contributed by atoms with van der Waals surface area (Å²) in [7, 11) is 3.27. The molecule has 0 N–H and O–H groups in total. The molecule has 88 valence electrons. The van der Waals surface area contributed by atoms with Crippen LogP contribution in [0.2, 0.25) is 5.02 Å². The van der Waals surface area contributed by atoms with Gasteiger partial charge in [0, 0.05) is 11.1 Å². The van der Waals surface area contributed by atoms with Crippen LogP contribution < -0.4 is 9.47 Å². The van der Waals surface area contributed by atoms with Crippen LogP contribution in [-0.2, 0) is 0 Å². The van der Waals surface area contributed by atoms with Crippen molar-refractivity contribution in [2.45, 2.75) is 0 Å². The van der Waals surface area contributed by atoms with Crippen molar-refractivity contribution in [3.63, 3.8) is 0 Å². The zero-order valence-corrected chi connectivity index (χ0v) is 10.5. The third-order valence-corrected chi connectivity index (χ3v) is 2.74. The van der Waals surface area contributed by atoms with Gasteiger partial charge in [-0.15, -0.1) is 0 Å². The smallest absolute Gasteiger partial charge is 0.123 e. The molecule has 0 radical (unpaired) electrons. The lowest BCUT2D eigenvalue weighted by atomic mass is 10.1. The lowest BCUT2D eigenvalue weighted by molar-refractivity contribution is 0.394. The number of halogens is 1. The van der Waals surface area contributed by atoms with Crippen LogP contribution in [0.3, 0.4) is 0 Å². The van der Waals surface area contributed by atoms with E-state index in [-0.39, 0.29) is 0 Å². The SMILES string of the molecule is COc1cc(OC)cc(-c2cccc(Cl)c2)c1. The fourth-order valence-electron chi connectivity index (χ4n) is 1.64. The second-order valence-electron chi connectivity index (χ2n) is 3.61. The van der Waals surface area contributed by atoms with Gasteiger partial charge in [0.1, 0.15) is 11.5 Å². The Labute approximate surface area is 106 Å². The Kier molecular flexibility index (Phi) is 3.55. The van der Waals surface area contributed by atoms with Crippen molar-refractivity contribution in [2.24, 2.45) is 0 Å². The molecule has 0 aliphatic carbocycles. The minimum absolute atomic E-state index is 0.712. The van der Waals surface area contributed by atoms with Gasteiger partial charge in [-0.05, 0) is 35.4 Å². The lowest BCUT2D eigenvalue weighted by Gasteiger charge is -2.08. The highest BCUT2D eigenvalue weighted by Crippen LogP contribution is 2.30. The summed E-state index contributed by atoms with van der Waals surface area (Å²) in [5.74, 6) is 1.53. The Morgan fingerprint density at radius 1 is 0.824 bits per heavy atom. The molecule has 0 heterocycles. The molecule has 0 saturated carbocycles. The molecule has 2 aromatic rings. The fourth-order valence-corrected chi connectivity index (χ4v) is 1.83. The number of rotatable bonds is 3. The first-order valence-corrected chi connectivity index (χ1v) is 5.60. The first-order chi connectivity index (χ1) is 8.22. The molecule has 0 atom stereocenters. The quantitative estimate of drug-likeness (QED) is 0.817. The van der Waals surface area contributed by atoms with E-state index in [9.17, 15) is 0 Å². The van der Waals surface area contributed by atoms with Crippen molar-refractivity contribution < 1.29 is 9.47 Å². The molecule has 0 aromatic heterocycles. The minimum Gasteiger partial charge on any atom is -0.497 e. The van der Waals surface area contributed by atoms with Crippen molar-refractivity contribution in [1.29, 1.82) is 0 Å². The Morgan fingerprint density at radius 2 is 1.47 bits per heavy atom. The average molecular weight is 249 g/mol. The fraction of sp³-hybridized carbons (Fsp3) is 0.143. The molecule has 0 bridgehead atoms. The number of ether oxygens (including phenoxy) is 2. The molecule has 0 fully saturated rings. The molecular weight excluding hydrogens is 236 g/mol. The predicted octanol–water partition coefficient (Wildman–Crippen LogP) is 4.02.